The molecule has 1 N–H and O–H groups in total. The number of nitrogens with one attached hydrogen (secondary N) is 1. The maximum atomic E-state index is 12.8. The van der Waals surface area contributed by atoms with Gasteiger partial charge in [0.25, 0.3) is 5.91 Å². The number of carbonyl (C=O) groups is 1. The lowest BCUT2D eigenvalue weighted by Gasteiger charge is -2.20. The van der Waals surface area contributed by atoms with Crippen LogP contribution in [0.2, 0.25) is 0 Å². The van der Waals surface area contributed by atoms with Crippen LogP contribution in [0.15, 0.2) is 91.5 Å². The van der Waals surface area contributed by atoms with Gasteiger partial charge in [0.2, 0.25) is 0 Å². The maximum absolute atomic E-state index is 12.8. The van der Waals surface area contributed by atoms with Crippen molar-refractivity contribution >= 4 is 11.4 Å². The molecule has 0 aliphatic rings. The van der Waals surface area contributed by atoms with E-state index in [2.05, 4.69) is 10.3 Å². The fraction of sp³-hybridized carbons (Fsp3) is 0.0476. The smallest absolute Gasteiger partial charge is 0.252 e. The van der Waals surface area contributed by atoms with Crippen LogP contribution in [0.5, 0.6) is 0 Å². The number of benzene rings is 2. The Hall–Kier alpha value is -3.40. The maximum Gasteiger partial charge on any atom is 0.252 e. The van der Waals surface area contributed by atoms with Gasteiger partial charge in [0.15, 0.2) is 0 Å². The summed E-state index contributed by atoms with van der Waals surface area (Å²) in [5.41, 5.74) is 3.61. The van der Waals surface area contributed by atoms with E-state index in [0.29, 0.717) is 5.56 Å². The van der Waals surface area contributed by atoms with E-state index in [-0.39, 0.29) is 11.9 Å². The molecule has 0 bridgehead atoms. The molecule has 4 aromatic rings. The summed E-state index contributed by atoms with van der Waals surface area (Å²) in [6.07, 6.45) is 5.30. The monoisotopic (exact) mass is 327 g/mol. The first-order chi connectivity index (χ1) is 12.3. The van der Waals surface area contributed by atoms with E-state index in [4.69, 9.17) is 0 Å². The molecule has 4 heteroatoms. The Bertz CT molecular complexity index is 954. The summed E-state index contributed by atoms with van der Waals surface area (Å²) < 4.78 is 1.88. The van der Waals surface area contributed by atoms with E-state index in [1.165, 1.54) is 0 Å². The zero-order valence-corrected chi connectivity index (χ0v) is 13.5. The molecule has 122 valence electrons. The number of pyridine rings is 1. The summed E-state index contributed by atoms with van der Waals surface area (Å²) in [7, 11) is 0. The van der Waals surface area contributed by atoms with Crippen molar-refractivity contribution in [2.24, 2.45) is 0 Å². The number of carbonyl (C=O) groups excluding carboxylic acids is 1. The van der Waals surface area contributed by atoms with Crippen molar-refractivity contribution in [3.05, 3.63) is 108 Å². The fourth-order valence-electron chi connectivity index (χ4n) is 2.93. The topological polar surface area (TPSA) is 46.4 Å². The van der Waals surface area contributed by atoms with Gasteiger partial charge in [-0.3, -0.25) is 4.79 Å². The van der Waals surface area contributed by atoms with Crippen LogP contribution in [0, 0.1) is 0 Å². The molecule has 0 aliphatic heterocycles. The molecule has 4 rings (SSSR count). The Morgan fingerprint density at radius 1 is 0.920 bits per heavy atom. The minimum atomic E-state index is -0.198. The summed E-state index contributed by atoms with van der Waals surface area (Å²) in [5.74, 6) is -0.110. The first kappa shape index (κ1) is 15.1. The lowest BCUT2D eigenvalue weighted by Crippen LogP contribution is -2.29. The molecule has 0 radical (unpaired) electrons. The molecule has 0 aliphatic carbocycles. The third-order valence-electron chi connectivity index (χ3n) is 4.22. The minimum Gasteiger partial charge on any atom is -0.341 e. The Morgan fingerprint density at radius 2 is 1.56 bits per heavy atom. The number of rotatable bonds is 4. The van der Waals surface area contributed by atoms with Gasteiger partial charge in [-0.2, -0.15) is 0 Å². The Kier molecular flexibility index (Phi) is 4.01. The molecule has 0 saturated heterocycles. The van der Waals surface area contributed by atoms with Crippen LogP contribution >= 0.6 is 0 Å². The normalized spacial score (nSPS) is 10.9. The van der Waals surface area contributed by atoms with Crippen molar-refractivity contribution in [2.75, 3.05) is 0 Å². The summed E-state index contributed by atoms with van der Waals surface area (Å²) >= 11 is 0. The predicted molar refractivity (Wildman–Crippen MR) is 97.4 cm³/mol. The number of amides is 1. The second-order valence-electron chi connectivity index (χ2n) is 5.87. The molecule has 25 heavy (non-hydrogen) atoms. The Balaban J connectivity index is 1.67. The molecule has 0 atom stereocenters. The van der Waals surface area contributed by atoms with Crippen LogP contribution in [-0.2, 0) is 0 Å². The van der Waals surface area contributed by atoms with Crippen molar-refractivity contribution in [2.45, 2.75) is 6.04 Å². The summed E-state index contributed by atoms with van der Waals surface area (Å²) in [4.78, 5) is 16.9. The quantitative estimate of drug-likeness (QED) is 0.619. The molecule has 0 saturated carbocycles. The average molecular weight is 327 g/mol. The molecule has 0 unspecified atom stereocenters. The first-order valence-electron chi connectivity index (χ1n) is 8.14. The lowest BCUT2D eigenvalue weighted by atomic mass is 9.98. The molecule has 0 fully saturated rings. The zero-order valence-electron chi connectivity index (χ0n) is 13.5. The second kappa shape index (κ2) is 6.61. The number of nitrogens with zero attached hydrogens (tertiary/aromatic N) is 2. The van der Waals surface area contributed by atoms with E-state index in [0.717, 1.165) is 16.6 Å². The van der Waals surface area contributed by atoms with Gasteiger partial charge in [0.05, 0.1) is 24.1 Å². The molecule has 2 aromatic carbocycles. The number of fused-ring (bicyclic) bond motifs is 1. The SMILES string of the molecule is O=C(NC(c1ccccc1)c1ccccc1)c1ccn2cncc2c1. The highest BCUT2D eigenvalue weighted by Crippen LogP contribution is 2.22. The third kappa shape index (κ3) is 3.15. The van der Waals surface area contributed by atoms with Crippen molar-refractivity contribution in [3.8, 4) is 0 Å². The van der Waals surface area contributed by atoms with E-state index in [1.807, 2.05) is 77.3 Å². The van der Waals surface area contributed by atoms with Crippen molar-refractivity contribution in [1.82, 2.24) is 14.7 Å². The predicted octanol–water partition coefficient (Wildman–Crippen LogP) is 3.85. The average Bonchev–Trinajstić information content (AvgIpc) is 3.15. The fourth-order valence-corrected chi connectivity index (χ4v) is 2.93. The van der Waals surface area contributed by atoms with Gasteiger partial charge in [-0.25, -0.2) is 4.98 Å². The van der Waals surface area contributed by atoms with Gasteiger partial charge in [-0.15, -0.1) is 0 Å². The van der Waals surface area contributed by atoms with Gasteiger partial charge < -0.3 is 9.72 Å². The standard InChI is InChI=1S/C21H17N3O/c25-21(18-11-12-24-15-22-14-19(24)13-18)23-20(16-7-3-1-4-8-16)17-9-5-2-6-10-17/h1-15,20H,(H,23,25). The number of aromatic nitrogens is 2. The minimum absolute atomic E-state index is 0.110. The van der Waals surface area contributed by atoms with Crippen LogP contribution in [0.3, 0.4) is 0 Å². The molecule has 2 aromatic heterocycles. The van der Waals surface area contributed by atoms with Crippen molar-refractivity contribution in [1.29, 1.82) is 0 Å². The second-order valence-corrected chi connectivity index (χ2v) is 5.87. The van der Waals surface area contributed by atoms with Gasteiger partial charge in [-0.1, -0.05) is 60.7 Å². The van der Waals surface area contributed by atoms with Crippen molar-refractivity contribution < 1.29 is 4.79 Å². The van der Waals surface area contributed by atoms with E-state index < -0.39 is 0 Å². The van der Waals surface area contributed by atoms with Crippen LogP contribution in [0.4, 0.5) is 0 Å². The number of hydrogen-bond donors (Lipinski definition) is 1. The molecule has 1 amide bonds. The van der Waals surface area contributed by atoms with Crippen LogP contribution < -0.4 is 5.32 Å². The Morgan fingerprint density at radius 3 is 2.20 bits per heavy atom. The van der Waals surface area contributed by atoms with E-state index in [1.54, 1.807) is 18.6 Å². The van der Waals surface area contributed by atoms with E-state index >= 15 is 0 Å². The number of hydrogen-bond acceptors (Lipinski definition) is 2. The molecular formula is C21H17N3O. The molecule has 4 nitrogen and oxygen atoms in total. The Labute approximate surface area is 145 Å². The van der Waals surface area contributed by atoms with Gasteiger partial charge >= 0.3 is 0 Å². The highest BCUT2D eigenvalue weighted by Gasteiger charge is 2.17. The molecule has 0 spiro atoms. The summed E-state index contributed by atoms with van der Waals surface area (Å²) in [6.45, 7) is 0. The largest absolute Gasteiger partial charge is 0.341 e. The number of imidazole rings is 1. The highest BCUT2D eigenvalue weighted by atomic mass is 16.1. The first-order valence-corrected chi connectivity index (χ1v) is 8.14. The lowest BCUT2D eigenvalue weighted by molar-refractivity contribution is 0.0943. The summed E-state index contributed by atoms with van der Waals surface area (Å²) in [5, 5.41) is 3.15. The van der Waals surface area contributed by atoms with Crippen molar-refractivity contribution in [3.63, 3.8) is 0 Å². The van der Waals surface area contributed by atoms with Crippen LogP contribution in [-0.4, -0.2) is 15.3 Å². The van der Waals surface area contributed by atoms with Crippen LogP contribution in [0.25, 0.3) is 5.52 Å². The third-order valence-corrected chi connectivity index (χ3v) is 4.22. The highest BCUT2D eigenvalue weighted by molar-refractivity contribution is 5.95. The van der Waals surface area contributed by atoms with Crippen LogP contribution in [0.1, 0.15) is 27.5 Å². The van der Waals surface area contributed by atoms with E-state index in [9.17, 15) is 4.79 Å². The summed E-state index contributed by atoms with van der Waals surface area (Å²) in [6, 6.07) is 23.4. The van der Waals surface area contributed by atoms with Gasteiger partial charge in [0, 0.05) is 11.8 Å². The molecule has 2 heterocycles. The van der Waals surface area contributed by atoms with Gasteiger partial charge in [0.1, 0.15) is 0 Å². The van der Waals surface area contributed by atoms with Gasteiger partial charge in [-0.05, 0) is 23.3 Å². The molecular weight excluding hydrogens is 310 g/mol. The zero-order chi connectivity index (χ0) is 17.1.